The Kier molecular flexibility index (Phi) is 2.62. The Balaban J connectivity index is 2.03. The lowest BCUT2D eigenvalue weighted by molar-refractivity contribution is 0.649. The van der Waals surface area contributed by atoms with Crippen molar-refractivity contribution in [3.63, 3.8) is 0 Å². The Hall–Kier alpha value is -0.850. The van der Waals surface area contributed by atoms with Gasteiger partial charge in [-0.3, -0.25) is 0 Å². The summed E-state index contributed by atoms with van der Waals surface area (Å²) in [6, 6.07) is 0. The zero-order valence-corrected chi connectivity index (χ0v) is 7.72. The maximum Gasteiger partial charge on any atom is 0.131 e. The van der Waals surface area contributed by atoms with Crippen LogP contribution >= 0.6 is 0 Å². The van der Waals surface area contributed by atoms with Crippen molar-refractivity contribution in [2.24, 2.45) is 5.92 Å². The fourth-order valence-corrected chi connectivity index (χ4v) is 2.07. The van der Waals surface area contributed by atoms with Gasteiger partial charge in [0.1, 0.15) is 5.83 Å². The first kappa shape index (κ1) is 8.74. The van der Waals surface area contributed by atoms with E-state index < -0.39 is 0 Å². The Morgan fingerprint density at radius 2 is 2.15 bits per heavy atom. The molecule has 0 saturated heterocycles. The van der Waals surface area contributed by atoms with Crippen LogP contribution in [0.25, 0.3) is 0 Å². The average Bonchev–Trinajstić information content (AvgIpc) is 2.57. The Morgan fingerprint density at radius 3 is 2.85 bits per heavy atom. The molecule has 1 fully saturated rings. The molecule has 13 heavy (non-hydrogen) atoms. The van der Waals surface area contributed by atoms with E-state index in [0.717, 1.165) is 12.0 Å². The maximum absolute atomic E-state index is 12.8. The third-order valence-electron chi connectivity index (χ3n) is 2.74. The number of hydrogen-bond acceptors (Lipinski definition) is 0. The van der Waals surface area contributed by atoms with E-state index in [1.165, 1.54) is 25.7 Å². The fraction of sp³-hybridized carbons (Fsp3) is 0.500. The molecule has 0 aliphatic heterocycles. The largest absolute Gasteiger partial charge is 0.206 e. The lowest BCUT2D eigenvalue weighted by Crippen LogP contribution is -1.92. The van der Waals surface area contributed by atoms with Gasteiger partial charge in [0.15, 0.2) is 0 Å². The summed E-state index contributed by atoms with van der Waals surface area (Å²) < 4.78 is 12.8. The smallest absolute Gasteiger partial charge is 0.131 e. The van der Waals surface area contributed by atoms with Crippen LogP contribution in [0, 0.1) is 12.0 Å². The van der Waals surface area contributed by atoms with Gasteiger partial charge in [0.2, 0.25) is 0 Å². The molecule has 0 bridgehead atoms. The topological polar surface area (TPSA) is 0 Å². The lowest BCUT2D eigenvalue weighted by atomic mass is 9.99. The monoisotopic (exact) mass is 177 g/mol. The van der Waals surface area contributed by atoms with E-state index >= 15 is 0 Å². The molecule has 0 aromatic heterocycles. The quantitative estimate of drug-likeness (QED) is 0.572. The van der Waals surface area contributed by atoms with E-state index in [1.54, 1.807) is 12.2 Å². The van der Waals surface area contributed by atoms with Crippen LogP contribution in [0.1, 0.15) is 32.1 Å². The fourth-order valence-electron chi connectivity index (χ4n) is 2.07. The molecular formula is C12H14F. The summed E-state index contributed by atoms with van der Waals surface area (Å²) in [4.78, 5) is 0. The van der Waals surface area contributed by atoms with Gasteiger partial charge in [-0.05, 0) is 36.8 Å². The first-order chi connectivity index (χ1) is 6.34. The molecule has 0 N–H and O–H groups in total. The van der Waals surface area contributed by atoms with Crippen LogP contribution in [0.2, 0.25) is 0 Å². The molecule has 1 radical (unpaired) electrons. The van der Waals surface area contributed by atoms with Crippen LogP contribution in [0.15, 0.2) is 29.6 Å². The second kappa shape index (κ2) is 3.91. The Labute approximate surface area is 78.8 Å². The molecule has 0 atom stereocenters. The molecule has 0 unspecified atom stereocenters. The van der Waals surface area contributed by atoms with Gasteiger partial charge in [-0.2, -0.15) is 0 Å². The second-order valence-corrected chi connectivity index (χ2v) is 3.83. The second-order valence-electron chi connectivity index (χ2n) is 3.83. The third kappa shape index (κ3) is 2.30. The van der Waals surface area contributed by atoms with Gasteiger partial charge < -0.3 is 0 Å². The van der Waals surface area contributed by atoms with Crippen LogP contribution in [-0.4, -0.2) is 0 Å². The predicted octanol–water partition coefficient (Wildman–Crippen LogP) is 3.72. The van der Waals surface area contributed by atoms with Crippen LogP contribution in [0.4, 0.5) is 4.39 Å². The maximum atomic E-state index is 12.8. The van der Waals surface area contributed by atoms with Gasteiger partial charge in [-0.1, -0.05) is 25.0 Å². The van der Waals surface area contributed by atoms with Crippen molar-refractivity contribution in [2.45, 2.75) is 32.1 Å². The normalized spacial score (nSPS) is 26.8. The molecule has 2 rings (SSSR count). The van der Waals surface area contributed by atoms with Gasteiger partial charge in [0.25, 0.3) is 0 Å². The van der Waals surface area contributed by atoms with Crippen molar-refractivity contribution in [1.82, 2.24) is 0 Å². The molecular weight excluding hydrogens is 163 g/mol. The molecule has 1 heteroatoms. The molecule has 1 saturated carbocycles. The highest BCUT2D eigenvalue weighted by molar-refractivity contribution is 5.30. The van der Waals surface area contributed by atoms with Gasteiger partial charge in [0.05, 0.1) is 0 Å². The van der Waals surface area contributed by atoms with Gasteiger partial charge in [0, 0.05) is 6.08 Å². The van der Waals surface area contributed by atoms with Crippen molar-refractivity contribution in [3.05, 3.63) is 35.7 Å². The number of rotatable bonds is 1. The van der Waals surface area contributed by atoms with E-state index in [1.807, 2.05) is 0 Å². The van der Waals surface area contributed by atoms with Crippen LogP contribution in [0.5, 0.6) is 0 Å². The zero-order chi connectivity index (χ0) is 9.10. The minimum absolute atomic E-state index is 0.226. The molecule has 69 valence electrons. The van der Waals surface area contributed by atoms with Crippen molar-refractivity contribution in [3.8, 4) is 0 Å². The molecule has 2 aliphatic rings. The van der Waals surface area contributed by atoms with E-state index in [9.17, 15) is 4.39 Å². The minimum atomic E-state index is -0.226. The Morgan fingerprint density at radius 1 is 1.38 bits per heavy atom. The van der Waals surface area contributed by atoms with Crippen molar-refractivity contribution in [2.75, 3.05) is 0 Å². The van der Waals surface area contributed by atoms with Crippen molar-refractivity contribution >= 4 is 0 Å². The summed E-state index contributed by atoms with van der Waals surface area (Å²) in [7, 11) is 0. The molecule has 0 heterocycles. The lowest BCUT2D eigenvalue weighted by Gasteiger charge is -2.07. The summed E-state index contributed by atoms with van der Waals surface area (Å²) in [5, 5.41) is 0. The molecule has 0 nitrogen and oxygen atoms in total. The summed E-state index contributed by atoms with van der Waals surface area (Å²) >= 11 is 0. The van der Waals surface area contributed by atoms with Crippen LogP contribution < -0.4 is 0 Å². The van der Waals surface area contributed by atoms with Gasteiger partial charge in [-0.15, -0.1) is 0 Å². The first-order valence-corrected chi connectivity index (χ1v) is 5.01. The Bertz CT molecular complexity index is 265. The molecule has 0 aromatic carbocycles. The van der Waals surface area contributed by atoms with Gasteiger partial charge >= 0.3 is 0 Å². The SMILES string of the molecule is FC1=CC(=CC2CCCC2)CC=[C]1. The average molecular weight is 177 g/mol. The van der Waals surface area contributed by atoms with Gasteiger partial charge in [-0.25, -0.2) is 4.39 Å². The molecule has 2 aliphatic carbocycles. The standard InChI is InChI=1S/C12H14F/c13-12-7-3-6-11(9-12)8-10-4-1-2-5-10/h3,8-10H,1-2,4-6H2. The third-order valence-corrected chi connectivity index (χ3v) is 2.74. The van der Waals surface area contributed by atoms with Crippen molar-refractivity contribution < 1.29 is 4.39 Å². The summed E-state index contributed by atoms with van der Waals surface area (Å²) in [6.45, 7) is 0. The summed E-state index contributed by atoms with van der Waals surface area (Å²) in [6.07, 6.45) is 14.3. The highest BCUT2D eigenvalue weighted by Crippen LogP contribution is 2.28. The van der Waals surface area contributed by atoms with E-state index in [4.69, 9.17) is 0 Å². The van der Waals surface area contributed by atoms with Crippen LogP contribution in [-0.2, 0) is 0 Å². The number of halogens is 1. The minimum Gasteiger partial charge on any atom is -0.206 e. The molecule has 0 spiro atoms. The van der Waals surface area contributed by atoms with Crippen LogP contribution in [0.3, 0.4) is 0 Å². The molecule has 0 amide bonds. The molecule has 0 aromatic rings. The number of allylic oxidation sites excluding steroid dienone is 6. The summed E-state index contributed by atoms with van der Waals surface area (Å²) in [5.41, 5.74) is 1.13. The highest BCUT2D eigenvalue weighted by atomic mass is 19.1. The predicted molar refractivity (Wildman–Crippen MR) is 51.7 cm³/mol. The number of hydrogen-bond donors (Lipinski definition) is 0. The zero-order valence-electron chi connectivity index (χ0n) is 7.72. The summed E-state index contributed by atoms with van der Waals surface area (Å²) in [5.74, 6) is 0.473. The van der Waals surface area contributed by atoms with E-state index in [0.29, 0.717) is 5.92 Å². The first-order valence-electron chi connectivity index (χ1n) is 5.01. The highest BCUT2D eigenvalue weighted by Gasteiger charge is 2.13. The van der Waals surface area contributed by atoms with Crippen molar-refractivity contribution in [1.29, 1.82) is 0 Å². The van der Waals surface area contributed by atoms with E-state index in [-0.39, 0.29) is 5.83 Å². The van der Waals surface area contributed by atoms with E-state index in [2.05, 4.69) is 12.2 Å².